The van der Waals surface area contributed by atoms with Crippen molar-refractivity contribution < 1.29 is 9.84 Å². The summed E-state index contributed by atoms with van der Waals surface area (Å²) in [5.41, 5.74) is 0.743. The van der Waals surface area contributed by atoms with Crippen molar-refractivity contribution in [2.75, 3.05) is 18.5 Å². The Kier molecular flexibility index (Phi) is 6.20. The van der Waals surface area contributed by atoms with Crippen molar-refractivity contribution in [2.24, 2.45) is 5.41 Å². The van der Waals surface area contributed by atoms with Gasteiger partial charge < -0.3 is 15.2 Å². The number of rotatable bonds is 8. The summed E-state index contributed by atoms with van der Waals surface area (Å²) in [5, 5.41) is 12.8. The molecule has 0 amide bonds. The fourth-order valence-corrected chi connectivity index (χ4v) is 1.97. The van der Waals surface area contributed by atoms with E-state index in [9.17, 15) is 5.11 Å². The molecule has 1 rings (SSSR count). The summed E-state index contributed by atoms with van der Waals surface area (Å²) < 4.78 is 5.61. The van der Waals surface area contributed by atoms with Crippen molar-refractivity contribution in [1.82, 2.24) is 9.97 Å². The van der Waals surface area contributed by atoms with Crippen LogP contribution in [-0.4, -0.2) is 34.3 Å². The summed E-state index contributed by atoms with van der Waals surface area (Å²) in [6.45, 7) is 10.8. The zero-order valence-electron chi connectivity index (χ0n) is 13.2. The molecule has 1 heterocycles. The molecule has 1 aromatic heterocycles. The zero-order chi connectivity index (χ0) is 15.2. The van der Waals surface area contributed by atoms with Crippen molar-refractivity contribution >= 4 is 5.95 Å². The van der Waals surface area contributed by atoms with Gasteiger partial charge in [0, 0.05) is 23.7 Å². The molecule has 0 unspecified atom stereocenters. The van der Waals surface area contributed by atoms with Gasteiger partial charge >= 0.3 is 0 Å². The molecule has 0 aliphatic heterocycles. The topological polar surface area (TPSA) is 67.3 Å². The van der Waals surface area contributed by atoms with E-state index in [-0.39, 0.29) is 18.1 Å². The molecule has 0 aliphatic rings. The molecule has 0 saturated heterocycles. The highest BCUT2D eigenvalue weighted by molar-refractivity contribution is 5.31. The van der Waals surface area contributed by atoms with E-state index in [0.717, 1.165) is 18.5 Å². The van der Waals surface area contributed by atoms with Gasteiger partial charge in [0.1, 0.15) is 0 Å². The number of aryl methyl sites for hydroxylation is 1. The minimum Gasteiger partial charge on any atom is -0.475 e. The number of aliphatic hydroxyl groups is 1. The quantitative estimate of drug-likeness (QED) is 0.767. The number of hydrogen-bond donors (Lipinski definition) is 2. The van der Waals surface area contributed by atoms with Gasteiger partial charge in [0.05, 0.1) is 12.7 Å². The highest BCUT2D eigenvalue weighted by Crippen LogP contribution is 2.26. The molecular weight excluding hydrogens is 254 g/mol. The molecule has 0 spiro atoms. The molecule has 0 atom stereocenters. The van der Waals surface area contributed by atoms with Crippen LogP contribution in [0.5, 0.6) is 5.88 Å². The standard InChI is InChI=1S/C15H27N3O2/c1-6-15(7-2,10-19)9-16-14-17-12(5)8-13(18-14)20-11(3)4/h8,11,19H,6-7,9-10H2,1-5H3,(H,16,17,18). The van der Waals surface area contributed by atoms with E-state index in [4.69, 9.17) is 4.74 Å². The predicted molar refractivity (Wildman–Crippen MR) is 81.1 cm³/mol. The molecule has 0 saturated carbocycles. The van der Waals surface area contributed by atoms with Crippen LogP contribution in [0.15, 0.2) is 6.07 Å². The molecule has 0 bridgehead atoms. The summed E-state index contributed by atoms with van der Waals surface area (Å²) in [6, 6.07) is 1.82. The number of ether oxygens (including phenoxy) is 1. The smallest absolute Gasteiger partial charge is 0.226 e. The molecule has 0 aliphatic carbocycles. The second-order valence-corrected chi connectivity index (χ2v) is 5.56. The fraction of sp³-hybridized carbons (Fsp3) is 0.733. The first-order valence-corrected chi connectivity index (χ1v) is 7.31. The lowest BCUT2D eigenvalue weighted by Crippen LogP contribution is -2.32. The van der Waals surface area contributed by atoms with Crippen LogP contribution in [0.3, 0.4) is 0 Å². The Morgan fingerprint density at radius 3 is 2.45 bits per heavy atom. The Morgan fingerprint density at radius 2 is 1.95 bits per heavy atom. The van der Waals surface area contributed by atoms with Crippen LogP contribution in [0, 0.1) is 12.3 Å². The van der Waals surface area contributed by atoms with Crippen LogP contribution in [0.25, 0.3) is 0 Å². The average molecular weight is 281 g/mol. The maximum Gasteiger partial charge on any atom is 0.226 e. The van der Waals surface area contributed by atoms with Crippen LogP contribution in [0.1, 0.15) is 46.2 Å². The van der Waals surface area contributed by atoms with Crippen molar-refractivity contribution in [3.63, 3.8) is 0 Å². The predicted octanol–water partition coefficient (Wildman–Crippen LogP) is 2.78. The summed E-state index contributed by atoms with van der Waals surface area (Å²) in [4.78, 5) is 8.72. The molecule has 0 radical (unpaired) electrons. The summed E-state index contributed by atoms with van der Waals surface area (Å²) >= 11 is 0. The Bertz CT molecular complexity index is 409. The lowest BCUT2D eigenvalue weighted by atomic mass is 9.83. The van der Waals surface area contributed by atoms with Gasteiger partial charge in [-0.1, -0.05) is 13.8 Å². The Balaban J connectivity index is 2.79. The fourth-order valence-electron chi connectivity index (χ4n) is 1.97. The van der Waals surface area contributed by atoms with E-state index in [1.165, 1.54) is 0 Å². The van der Waals surface area contributed by atoms with Gasteiger partial charge in [-0.3, -0.25) is 0 Å². The van der Waals surface area contributed by atoms with E-state index in [0.29, 0.717) is 18.4 Å². The van der Waals surface area contributed by atoms with E-state index >= 15 is 0 Å². The first-order chi connectivity index (χ1) is 9.44. The van der Waals surface area contributed by atoms with Gasteiger partial charge in [-0.2, -0.15) is 4.98 Å². The molecule has 1 aromatic rings. The third-order valence-corrected chi connectivity index (χ3v) is 3.64. The van der Waals surface area contributed by atoms with Crippen LogP contribution in [-0.2, 0) is 0 Å². The van der Waals surface area contributed by atoms with E-state index < -0.39 is 0 Å². The van der Waals surface area contributed by atoms with Crippen molar-refractivity contribution in [1.29, 1.82) is 0 Å². The Hall–Kier alpha value is -1.36. The zero-order valence-corrected chi connectivity index (χ0v) is 13.2. The molecule has 0 aromatic carbocycles. The number of anilines is 1. The van der Waals surface area contributed by atoms with Crippen LogP contribution in [0.2, 0.25) is 0 Å². The van der Waals surface area contributed by atoms with Gasteiger partial charge in [0.15, 0.2) is 0 Å². The van der Waals surface area contributed by atoms with Gasteiger partial charge in [-0.05, 0) is 33.6 Å². The number of hydrogen-bond acceptors (Lipinski definition) is 5. The van der Waals surface area contributed by atoms with Gasteiger partial charge in [0.25, 0.3) is 0 Å². The Labute approximate surface area is 121 Å². The van der Waals surface area contributed by atoms with Crippen LogP contribution < -0.4 is 10.1 Å². The van der Waals surface area contributed by atoms with Gasteiger partial charge in [-0.15, -0.1) is 0 Å². The Morgan fingerprint density at radius 1 is 1.30 bits per heavy atom. The first-order valence-electron chi connectivity index (χ1n) is 7.31. The van der Waals surface area contributed by atoms with E-state index in [1.807, 2.05) is 26.8 Å². The highest BCUT2D eigenvalue weighted by Gasteiger charge is 2.25. The largest absolute Gasteiger partial charge is 0.475 e. The second-order valence-electron chi connectivity index (χ2n) is 5.56. The monoisotopic (exact) mass is 281 g/mol. The van der Waals surface area contributed by atoms with Crippen molar-refractivity contribution in [2.45, 2.75) is 53.6 Å². The third kappa shape index (κ3) is 4.63. The van der Waals surface area contributed by atoms with Crippen molar-refractivity contribution in [3.8, 4) is 5.88 Å². The normalized spacial score (nSPS) is 11.8. The molecule has 5 nitrogen and oxygen atoms in total. The first kappa shape index (κ1) is 16.7. The summed E-state index contributed by atoms with van der Waals surface area (Å²) in [7, 11) is 0. The summed E-state index contributed by atoms with van der Waals surface area (Å²) in [5.74, 6) is 1.14. The number of nitrogens with one attached hydrogen (secondary N) is 1. The second kappa shape index (κ2) is 7.43. The van der Waals surface area contributed by atoms with Gasteiger partial charge in [0.2, 0.25) is 11.8 Å². The highest BCUT2D eigenvalue weighted by atomic mass is 16.5. The molecule has 114 valence electrons. The lowest BCUT2D eigenvalue weighted by molar-refractivity contribution is 0.127. The molecule has 2 N–H and O–H groups in total. The van der Waals surface area contributed by atoms with E-state index in [2.05, 4.69) is 29.1 Å². The van der Waals surface area contributed by atoms with Gasteiger partial charge in [-0.25, -0.2) is 4.98 Å². The van der Waals surface area contributed by atoms with Crippen molar-refractivity contribution in [3.05, 3.63) is 11.8 Å². The maximum absolute atomic E-state index is 9.58. The minimum absolute atomic E-state index is 0.0833. The number of aromatic nitrogens is 2. The molecule has 0 fully saturated rings. The maximum atomic E-state index is 9.58. The lowest BCUT2D eigenvalue weighted by Gasteiger charge is -2.29. The average Bonchev–Trinajstić information content (AvgIpc) is 2.39. The molecule has 20 heavy (non-hydrogen) atoms. The molecular formula is C15H27N3O2. The minimum atomic E-state index is -0.119. The van der Waals surface area contributed by atoms with Crippen LogP contribution in [0.4, 0.5) is 5.95 Å². The summed E-state index contributed by atoms with van der Waals surface area (Å²) in [6.07, 6.45) is 1.91. The third-order valence-electron chi connectivity index (χ3n) is 3.64. The number of nitrogens with zero attached hydrogens (tertiary/aromatic N) is 2. The van der Waals surface area contributed by atoms with E-state index in [1.54, 1.807) is 0 Å². The molecule has 5 heteroatoms. The van der Waals surface area contributed by atoms with Crippen LogP contribution >= 0.6 is 0 Å². The SMILES string of the molecule is CCC(CC)(CO)CNc1nc(C)cc(OC(C)C)n1. The number of aliphatic hydroxyl groups excluding tert-OH is 1.